The number of carbonyl (C=O) groups is 1. The molecule has 0 heterocycles. The third-order valence-electron chi connectivity index (χ3n) is 3.68. The van der Waals surface area contributed by atoms with Crippen LogP contribution in [0.5, 0.6) is 0 Å². The molecule has 0 aliphatic heterocycles. The Bertz CT molecular complexity index is 579. The topological polar surface area (TPSA) is 49.3 Å². The summed E-state index contributed by atoms with van der Waals surface area (Å²) in [4.78, 5) is 12.4. The molecule has 2 aromatic carbocycles. The molecule has 3 heteroatoms. The lowest BCUT2D eigenvalue weighted by atomic mass is 9.81. The molecule has 0 aromatic heterocycles. The van der Waals surface area contributed by atoms with Crippen LogP contribution in [-0.2, 0) is 11.3 Å². The molecule has 1 atom stereocenters. The van der Waals surface area contributed by atoms with E-state index in [1.165, 1.54) is 0 Å². The highest BCUT2D eigenvalue weighted by molar-refractivity contribution is 5.82. The highest BCUT2D eigenvalue weighted by Gasteiger charge is 2.36. The molecule has 0 spiro atoms. The largest absolute Gasteiger partial charge is 0.387 e. The van der Waals surface area contributed by atoms with E-state index in [4.69, 9.17) is 0 Å². The van der Waals surface area contributed by atoms with Crippen LogP contribution in [0.3, 0.4) is 0 Å². The molecule has 0 saturated heterocycles. The van der Waals surface area contributed by atoms with Crippen LogP contribution in [-0.4, -0.2) is 11.0 Å². The van der Waals surface area contributed by atoms with E-state index in [1.807, 2.05) is 60.7 Å². The minimum atomic E-state index is -0.893. The van der Waals surface area contributed by atoms with Crippen molar-refractivity contribution in [3.05, 3.63) is 71.8 Å². The Kier molecular flexibility index (Phi) is 4.76. The Morgan fingerprint density at radius 3 is 2.14 bits per heavy atom. The summed E-state index contributed by atoms with van der Waals surface area (Å²) in [6.45, 7) is 3.97. The van der Waals surface area contributed by atoms with Crippen LogP contribution in [0, 0.1) is 5.41 Å². The third-order valence-corrected chi connectivity index (χ3v) is 3.68. The second-order valence-corrected chi connectivity index (χ2v) is 5.70. The van der Waals surface area contributed by atoms with Gasteiger partial charge < -0.3 is 10.4 Å². The maximum Gasteiger partial charge on any atom is 0.228 e. The van der Waals surface area contributed by atoms with Crippen LogP contribution in [0.1, 0.15) is 31.1 Å². The molecule has 2 aromatic rings. The number of amides is 1. The van der Waals surface area contributed by atoms with Gasteiger partial charge in [0.15, 0.2) is 0 Å². The molecule has 2 N–H and O–H groups in total. The van der Waals surface area contributed by atoms with Gasteiger partial charge in [-0.1, -0.05) is 60.7 Å². The molecule has 1 amide bonds. The van der Waals surface area contributed by atoms with E-state index in [0.29, 0.717) is 6.54 Å². The maximum absolute atomic E-state index is 12.4. The maximum atomic E-state index is 12.4. The van der Waals surface area contributed by atoms with Gasteiger partial charge in [-0.05, 0) is 25.0 Å². The van der Waals surface area contributed by atoms with E-state index in [0.717, 1.165) is 11.1 Å². The molecule has 3 nitrogen and oxygen atoms in total. The fourth-order valence-electron chi connectivity index (χ4n) is 2.18. The standard InChI is InChI=1S/C18H21NO2/c1-18(2,16(20)15-11-7-4-8-12-15)17(21)19-13-14-9-5-3-6-10-14/h3-12,16,20H,13H2,1-2H3,(H,19,21). The molecule has 110 valence electrons. The van der Waals surface area contributed by atoms with E-state index in [9.17, 15) is 9.90 Å². The van der Waals surface area contributed by atoms with Crippen molar-refractivity contribution in [2.75, 3.05) is 0 Å². The van der Waals surface area contributed by atoms with Gasteiger partial charge in [-0.2, -0.15) is 0 Å². The zero-order valence-corrected chi connectivity index (χ0v) is 12.4. The van der Waals surface area contributed by atoms with Crippen LogP contribution in [0.4, 0.5) is 0 Å². The average molecular weight is 283 g/mol. The van der Waals surface area contributed by atoms with Crippen molar-refractivity contribution in [3.8, 4) is 0 Å². The lowest BCUT2D eigenvalue weighted by molar-refractivity contribution is -0.135. The predicted molar refractivity (Wildman–Crippen MR) is 83.5 cm³/mol. The highest BCUT2D eigenvalue weighted by atomic mass is 16.3. The monoisotopic (exact) mass is 283 g/mol. The number of hydrogen-bond donors (Lipinski definition) is 2. The van der Waals surface area contributed by atoms with E-state index in [-0.39, 0.29) is 5.91 Å². The molecule has 0 fully saturated rings. The number of aliphatic hydroxyl groups is 1. The summed E-state index contributed by atoms with van der Waals surface area (Å²) in [7, 11) is 0. The predicted octanol–water partition coefficient (Wildman–Crippen LogP) is 3.06. The summed E-state index contributed by atoms with van der Waals surface area (Å²) in [5.74, 6) is -0.164. The highest BCUT2D eigenvalue weighted by Crippen LogP contribution is 2.33. The van der Waals surface area contributed by atoms with Crippen molar-refractivity contribution < 1.29 is 9.90 Å². The lowest BCUT2D eigenvalue weighted by Gasteiger charge is -2.29. The molecule has 1 unspecified atom stereocenters. The first-order valence-corrected chi connectivity index (χ1v) is 7.07. The third kappa shape index (κ3) is 3.70. The molecule has 0 radical (unpaired) electrons. The molecular formula is C18H21NO2. The molecule has 0 bridgehead atoms. The van der Waals surface area contributed by atoms with Gasteiger partial charge >= 0.3 is 0 Å². The van der Waals surface area contributed by atoms with E-state index >= 15 is 0 Å². The zero-order valence-electron chi connectivity index (χ0n) is 12.4. The first-order chi connectivity index (χ1) is 10.0. The van der Waals surface area contributed by atoms with E-state index < -0.39 is 11.5 Å². The van der Waals surface area contributed by atoms with Gasteiger partial charge in [-0.25, -0.2) is 0 Å². The summed E-state index contributed by atoms with van der Waals surface area (Å²) in [5.41, 5.74) is 0.893. The quantitative estimate of drug-likeness (QED) is 0.886. The number of rotatable bonds is 5. The van der Waals surface area contributed by atoms with Crippen LogP contribution < -0.4 is 5.32 Å². The average Bonchev–Trinajstić information content (AvgIpc) is 2.53. The number of carbonyl (C=O) groups excluding carboxylic acids is 1. The van der Waals surface area contributed by atoms with Crippen LogP contribution in [0.15, 0.2) is 60.7 Å². The molecule has 2 rings (SSSR count). The molecule has 0 aliphatic rings. The van der Waals surface area contributed by atoms with Crippen molar-refractivity contribution in [2.45, 2.75) is 26.5 Å². The fraction of sp³-hybridized carbons (Fsp3) is 0.278. The van der Waals surface area contributed by atoms with Crippen LogP contribution in [0.2, 0.25) is 0 Å². The number of hydrogen-bond acceptors (Lipinski definition) is 2. The Labute approximate surface area is 125 Å². The van der Waals surface area contributed by atoms with Crippen LogP contribution >= 0.6 is 0 Å². The van der Waals surface area contributed by atoms with Gasteiger partial charge in [0, 0.05) is 6.54 Å². The van der Waals surface area contributed by atoms with Crippen molar-refractivity contribution in [1.29, 1.82) is 0 Å². The Morgan fingerprint density at radius 2 is 1.57 bits per heavy atom. The van der Waals surface area contributed by atoms with Crippen molar-refractivity contribution in [1.82, 2.24) is 5.32 Å². The smallest absolute Gasteiger partial charge is 0.228 e. The van der Waals surface area contributed by atoms with E-state index in [2.05, 4.69) is 5.32 Å². The Hall–Kier alpha value is -2.13. The molecular weight excluding hydrogens is 262 g/mol. The Balaban J connectivity index is 2.03. The SMILES string of the molecule is CC(C)(C(=O)NCc1ccccc1)C(O)c1ccccc1. The molecule has 21 heavy (non-hydrogen) atoms. The van der Waals surface area contributed by atoms with Crippen molar-refractivity contribution >= 4 is 5.91 Å². The fourth-order valence-corrected chi connectivity index (χ4v) is 2.18. The zero-order chi connectivity index (χ0) is 15.3. The second-order valence-electron chi connectivity index (χ2n) is 5.70. The van der Waals surface area contributed by atoms with Gasteiger partial charge in [0.05, 0.1) is 11.5 Å². The Morgan fingerprint density at radius 1 is 1.05 bits per heavy atom. The van der Waals surface area contributed by atoms with Gasteiger partial charge in [0.25, 0.3) is 0 Å². The van der Waals surface area contributed by atoms with Gasteiger partial charge in [0.2, 0.25) is 5.91 Å². The molecule has 0 saturated carbocycles. The van der Waals surface area contributed by atoms with Gasteiger partial charge in [0.1, 0.15) is 0 Å². The van der Waals surface area contributed by atoms with Gasteiger partial charge in [-0.15, -0.1) is 0 Å². The summed E-state index contributed by atoms with van der Waals surface area (Å²) >= 11 is 0. The first-order valence-electron chi connectivity index (χ1n) is 7.07. The number of nitrogens with one attached hydrogen (secondary N) is 1. The summed E-state index contributed by atoms with van der Waals surface area (Å²) in [5, 5.41) is 13.3. The second kappa shape index (κ2) is 6.55. The minimum absolute atomic E-state index is 0.164. The molecule has 0 aliphatic carbocycles. The number of benzene rings is 2. The van der Waals surface area contributed by atoms with E-state index in [1.54, 1.807) is 13.8 Å². The lowest BCUT2D eigenvalue weighted by Crippen LogP contribution is -2.40. The number of aliphatic hydroxyl groups excluding tert-OH is 1. The summed E-state index contributed by atoms with van der Waals surface area (Å²) < 4.78 is 0. The van der Waals surface area contributed by atoms with Crippen molar-refractivity contribution in [3.63, 3.8) is 0 Å². The minimum Gasteiger partial charge on any atom is -0.387 e. The van der Waals surface area contributed by atoms with Crippen LogP contribution in [0.25, 0.3) is 0 Å². The first kappa shape index (κ1) is 15.3. The van der Waals surface area contributed by atoms with Crippen molar-refractivity contribution in [2.24, 2.45) is 5.41 Å². The summed E-state index contributed by atoms with van der Waals surface area (Å²) in [6, 6.07) is 19.0. The summed E-state index contributed by atoms with van der Waals surface area (Å²) in [6.07, 6.45) is -0.838. The normalized spacial score (nSPS) is 12.7. The van der Waals surface area contributed by atoms with Gasteiger partial charge in [-0.3, -0.25) is 4.79 Å².